The first-order valence-corrected chi connectivity index (χ1v) is 11.4. The van der Waals surface area contributed by atoms with E-state index in [0.29, 0.717) is 10.9 Å². The number of hydrogen-bond donors (Lipinski definition) is 1. The maximum Gasteiger partial charge on any atom is 0.253 e. The molecule has 1 amide bonds. The predicted molar refractivity (Wildman–Crippen MR) is 117 cm³/mol. The Morgan fingerprint density at radius 2 is 1.93 bits per heavy atom. The molecule has 29 heavy (non-hydrogen) atoms. The lowest BCUT2D eigenvalue weighted by molar-refractivity contribution is -0.121. The van der Waals surface area contributed by atoms with Crippen molar-refractivity contribution in [2.24, 2.45) is 0 Å². The second-order valence-corrected chi connectivity index (χ2v) is 8.05. The molecule has 1 N–H and O–H groups in total. The van der Waals surface area contributed by atoms with Crippen LogP contribution >= 0.6 is 11.8 Å². The first-order valence-electron chi connectivity index (χ1n) is 10.1. The van der Waals surface area contributed by atoms with E-state index in [1.54, 1.807) is 4.52 Å². The standard InChI is InChI=1S/C22H29N5OS/c1-5-6-8-13-19(17-11-9-7-10-12-17)24-20(28)14-18-15(2)23-21-25-22(29-4)26-27(21)16(18)3/h7,9-12,19H,5-6,8,13-14H2,1-4H3,(H,24,28). The minimum absolute atomic E-state index is 0.00732. The molecule has 1 atom stereocenters. The molecule has 6 nitrogen and oxygen atoms in total. The average molecular weight is 412 g/mol. The molecule has 0 aliphatic heterocycles. The van der Waals surface area contributed by atoms with Crippen molar-refractivity contribution in [3.63, 3.8) is 0 Å². The van der Waals surface area contributed by atoms with Gasteiger partial charge in [0.2, 0.25) is 11.1 Å². The number of hydrogen-bond acceptors (Lipinski definition) is 5. The van der Waals surface area contributed by atoms with Gasteiger partial charge in [0.05, 0.1) is 12.5 Å². The molecule has 0 spiro atoms. The molecule has 2 aromatic heterocycles. The lowest BCUT2D eigenvalue weighted by atomic mass is 9.99. The normalized spacial score (nSPS) is 12.3. The molecule has 0 aliphatic rings. The molecular weight excluding hydrogens is 382 g/mol. The van der Waals surface area contributed by atoms with E-state index in [0.717, 1.165) is 41.8 Å². The molecule has 2 heterocycles. The predicted octanol–water partition coefficient (Wildman–Crippen LogP) is 4.44. The molecule has 3 aromatic rings. The summed E-state index contributed by atoms with van der Waals surface area (Å²) in [5.74, 6) is 0.586. The van der Waals surface area contributed by atoms with Crippen molar-refractivity contribution in [1.29, 1.82) is 0 Å². The summed E-state index contributed by atoms with van der Waals surface area (Å²) in [6, 6.07) is 10.2. The molecule has 0 fully saturated rings. The SMILES string of the molecule is CCCCCC(NC(=O)Cc1c(C)nc2nc(SC)nn2c1C)c1ccccc1. The monoisotopic (exact) mass is 411 g/mol. The Kier molecular flexibility index (Phi) is 7.25. The van der Waals surface area contributed by atoms with Gasteiger partial charge in [-0.2, -0.15) is 4.98 Å². The highest BCUT2D eigenvalue weighted by Crippen LogP contribution is 2.21. The first kappa shape index (κ1) is 21.3. The number of amides is 1. The van der Waals surface area contributed by atoms with E-state index in [1.165, 1.54) is 18.2 Å². The molecule has 0 bridgehead atoms. The fourth-order valence-corrected chi connectivity index (χ4v) is 3.88. The topological polar surface area (TPSA) is 72.2 Å². The summed E-state index contributed by atoms with van der Waals surface area (Å²) in [6.07, 6.45) is 6.59. The number of rotatable bonds is 9. The number of thioether (sulfide) groups is 1. The Morgan fingerprint density at radius 1 is 1.17 bits per heavy atom. The zero-order valence-electron chi connectivity index (χ0n) is 17.6. The van der Waals surface area contributed by atoms with E-state index in [4.69, 9.17) is 0 Å². The van der Waals surface area contributed by atoms with E-state index >= 15 is 0 Å². The van der Waals surface area contributed by atoms with Crippen molar-refractivity contribution < 1.29 is 4.79 Å². The summed E-state index contributed by atoms with van der Waals surface area (Å²) in [4.78, 5) is 21.9. The van der Waals surface area contributed by atoms with Crippen molar-refractivity contribution in [1.82, 2.24) is 24.9 Å². The fraction of sp³-hybridized carbons (Fsp3) is 0.455. The Labute approximate surface area is 176 Å². The van der Waals surface area contributed by atoms with Gasteiger partial charge in [0.1, 0.15) is 0 Å². The summed E-state index contributed by atoms with van der Waals surface area (Å²) in [7, 11) is 0. The van der Waals surface area contributed by atoms with Crippen molar-refractivity contribution in [2.75, 3.05) is 6.26 Å². The number of benzene rings is 1. The highest BCUT2D eigenvalue weighted by molar-refractivity contribution is 7.98. The van der Waals surface area contributed by atoms with E-state index in [1.807, 2.05) is 38.3 Å². The Balaban J connectivity index is 1.79. The summed E-state index contributed by atoms with van der Waals surface area (Å²) in [5.41, 5.74) is 3.80. The minimum atomic E-state index is 0.00732. The van der Waals surface area contributed by atoms with Crippen LogP contribution < -0.4 is 5.32 Å². The van der Waals surface area contributed by atoms with Crippen LogP contribution in [0.5, 0.6) is 0 Å². The molecule has 0 radical (unpaired) electrons. The number of unbranched alkanes of at least 4 members (excludes halogenated alkanes) is 2. The van der Waals surface area contributed by atoms with Crippen LogP contribution in [0.3, 0.4) is 0 Å². The number of aromatic nitrogens is 4. The van der Waals surface area contributed by atoms with Crippen molar-refractivity contribution in [3.05, 3.63) is 52.8 Å². The summed E-state index contributed by atoms with van der Waals surface area (Å²) in [6.45, 7) is 6.09. The average Bonchev–Trinajstić information content (AvgIpc) is 3.14. The van der Waals surface area contributed by atoms with Crippen LogP contribution in [0, 0.1) is 13.8 Å². The zero-order chi connectivity index (χ0) is 20.8. The summed E-state index contributed by atoms with van der Waals surface area (Å²) in [5, 5.41) is 8.40. The van der Waals surface area contributed by atoms with E-state index < -0.39 is 0 Å². The summed E-state index contributed by atoms with van der Waals surface area (Å²) < 4.78 is 1.73. The van der Waals surface area contributed by atoms with Gasteiger partial charge in [-0.3, -0.25) is 4.79 Å². The highest BCUT2D eigenvalue weighted by atomic mass is 32.2. The molecule has 7 heteroatoms. The molecule has 154 valence electrons. The van der Waals surface area contributed by atoms with Gasteiger partial charge < -0.3 is 5.32 Å². The van der Waals surface area contributed by atoms with Crippen LogP contribution in [0.2, 0.25) is 0 Å². The van der Waals surface area contributed by atoms with Crippen molar-refractivity contribution >= 4 is 23.4 Å². The Bertz CT molecular complexity index is 970. The van der Waals surface area contributed by atoms with Gasteiger partial charge in [-0.1, -0.05) is 68.3 Å². The van der Waals surface area contributed by atoms with E-state index in [-0.39, 0.29) is 18.4 Å². The maximum absolute atomic E-state index is 12.9. The van der Waals surface area contributed by atoms with Crippen LogP contribution in [0.15, 0.2) is 35.5 Å². The van der Waals surface area contributed by atoms with E-state index in [9.17, 15) is 4.79 Å². The number of fused-ring (bicyclic) bond motifs is 1. The fourth-order valence-electron chi connectivity index (χ4n) is 3.54. The lowest BCUT2D eigenvalue weighted by Gasteiger charge is -2.20. The first-order chi connectivity index (χ1) is 14.0. The smallest absolute Gasteiger partial charge is 0.253 e. The van der Waals surface area contributed by atoms with Crippen LogP contribution in [0.4, 0.5) is 0 Å². The van der Waals surface area contributed by atoms with Crippen molar-refractivity contribution in [3.8, 4) is 0 Å². The third-order valence-electron chi connectivity index (χ3n) is 5.18. The second-order valence-electron chi connectivity index (χ2n) is 7.27. The van der Waals surface area contributed by atoms with Crippen LogP contribution in [0.1, 0.15) is 61.2 Å². The molecule has 3 rings (SSSR count). The van der Waals surface area contributed by atoms with Gasteiger partial charge in [-0.25, -0.2) is 9.50 Å². The number of carbonyl (C=O) groups excluding carboxylic acids is 1. The number of nitrogens with one attached hydrogen (secondary N) is 1. The van der Waals surface area contributed by atoms with Crippen LogP contribution in [-0.2, 0) is 11.2 Å². The van der Waals surface area contributed by atoms with Gasteiger partial charge >= 0.3 is 0 Å². The number of carbonyl (C=O) groups is 1. The molecule has 0 aliphatic carbocycles. The maximum atomic E-state index is 12.9. The van der Waals surface area contributed by atoms with E-state index in [2.05, 4.69) is 39.4 Å². The molecule has 0 saturated heterocycles. The molecule has 1 aromatic carbocycles. The number of nitrogens with zero attached hydrogens (tertiary/aromatic N) is 4. The van der Waals surface area contributed by atoms with Crippen LogP contribution in [0.25, 0.3) is 5.78 Å². The molecule has 0 saturated carbocycles. The third-order valence-corrected chi connectivity index (χ3v) is 5.72. The van der Waals surface area contributed by atoms with Gasteiger partial charge in [-0.05, 0) is 32.1 Å². The van der Waals surface area contributed by atoms with Gasteiger partial charge in [0, 0.05) is 17.0 Å². The van der Waals surface area contributed by atoms with Crippen molar-refractivity contribution in [2.45, 2.75) is 64.1 Å². The Morgan fingerprint density at radius 3 is 2.62 bits per heavy atom. The van der Waals surface area contributed by atoms with Gasteiger partial charge in [-0.15, -0.1) is 5.10 Å². The largest absolute Gasteiger partial charge is 0.349 e. The van der Waals surface area contributed by atoms with Gasteiger partial charge in [0.15, 0.2) is 0 Å². The number of aryl methyl sites for hydroxylation is 2. The minimum Gasteiger partial charge on any atom is -0.349 e. The van der Waals surface area contributed by atoms with Gasteiger partial charge in [0.25, 0.3) is 5.78 Å². The second kappa shape index (κ2) is 9.87. The quantitative estimate of drug-likeness (QED) is 0.416. The summed E-state index contributed by atoms with van der Waals surface area (Å²) >= 11 is 1.48. The Hall–Kier alpha value is -2.41. The highest BCUT2D eigenvalue weighted by Gasteiger charge is 2.19. The molecular formula is C22H29N5OS. The molecule has 1 unspecified atom stereocenters. The van der Waals surface area contributed by atoms with Crippen LogP contribution in [-0.4, -0.2) is 31.7 Å². The third kappa shape index (κ3) is 5.15. The lowest BCUT2D eigenvalue weighted by Crippen LogP contribution is -2.30. The zero-order valence-corrected chi connectivity index (χ0v) is 18.4.